The molecule has 2 aliphatic carbocycles. The van der Waals surface area contributed by atoms with E-state index in [4.69, 9.17) is 4.74 Å². The Morgan fingerprint density at radius 3 is 2.23 bits per heavy atom. The second-order valence-corrected chi connectivity index (χ2v) is 4.49. The average molecular weight is 182 g/mol. The van der Waals surface area contributed by atoms with Gasteiger partial charge in [-0.2, -0.15) is 0 Å². The van der Waals surface area contributed by atoms with Crippen LogP contribution in [0.2, 0.25) is 0 Å². The van der Waals surface area contributed by atoms with E-state index in [2.05, 4.69) is 0 Å². The zero-order chi connectivity index (χ0) is 9.31. The quantitative estimate of drug-likeness (QED) is 0.614. The molecule has 0 aromatic rings. The minimum absolute atomic E-state index is 0.0376. The van der Waals surface area contributed by atoms with E-state index in [1.165, 1.54) is 32.1 Å². The molecule has 0 atom stereocenters. The summed E-state index contributed by atoms with van der Waals surface area (Å²) in [5.74, 6) is 0.590. The number of hydrogen-bond acceptors (Lipinski definition) is 2. The molecule has 0 amide bonds. The summed E-state index contributed by atoms with van der Waals surface area (Å²) >= 11 is 0. The highest BCUT2D eigenvalue weighted by Crippen LogP contribution is 2.47. The lowest BCUT2D eigenvalue weighted by Gasteiger charge is -2.42. The Labute approximate surface area is 79.7 Å². The molecule has 0 aliphatic heterocycles. The van der Waals surface area contributed by atoms with Gasteiger partial charge in [0.25, 0.3) is 0 Å². The topological polar surface area (TPSA) is 26.3 Å². The minimum atomic E-state index is -0.0891. The van der Waals surface area contributed by atoms with E-state index in [1.807, 2.05) is 0 Å². The van der Waals surface area contributed by atoms with Crippen molar-refractivity contribution in [2.75, 3.05) is 0 Å². The minimum Gasteiger partial charge on any atom is -0.459 e. The fourth-order valence-electron chi connectivity index (χ4n) is 2.79. The molecule has 2 nitrogen and oxygen atoms in total. The first-order chi connectivity index (χ1) is 6.23. The highest BCUT2D eigenvalue weighted by molar-refractivity contribution is 5.66. The Bertz CT molecular complexity index is 200. The van der Waals surface area contributed by atoms with Crippen LogP contribution in [0.15, 0.2) is 0 Å². The van der Waals surface area contributed by atoms with Gasteiger partial charge in [0, 0.05) is 6.92 Å². The summed E-state index contributed by atoms with van der Waals surface area (Å²) in [6, 6.07) is 0. The number of carbonyl (C=O) groups is 1. The monoisotopic (exact) mass is 182 g/mol. The number of ether oxygens (including phenoxy) is 1. The van der Waals surface area contributed by atoms with Gasteiger partial charge >= 0.3 is 5.97 Å². The molecule has 0 spiro atoms. The van der Waals surface area contributed by atoms with E-state index in [0.29, 0.717) is 5.92 Å². The highest BCUT2D eigenvalue weighted by atomic mass is 16.6. The first-order valence-corrected chi connectivity index (χ1v) is 5.42. The molecule has 0 saturated heterocycles. The Morgan fingerprint density at radius 1 is 1.23 bits per heavy atom. The average Bonchev–Trinajstić information content (AvgIpc) is 2.31. The van der Waals surface area contributed by atoms with Gasteiger partial charge in [-0.05, 0) is 44.4 Å². The Hall–Kier alpha value is -0.530. The summed E-state index contributed by atoms with van der Waals surface area (Å²) in [5.41, 5.74) is -0.0376. The van der Waals surface area contributed by atoms with Gasteiger partial charge in [-0.25, -0.2) is 0 Å². The van der Waals surface area contributed by atoms with E-state index in [9.17, 15) is 4.79 Å². The van der Waals surface area contributed by atoms with Crippen molar-refractivity contribution in [3.63, 3.8) is 0 Å². The van der Waals surface area contributed by atoms with E-state index >= 15 is 0 Å². The summed E-state index contributed by atoms with van der Waals surface area (Å²) in [5, 5.41) is 0. The molecule has 2 fully saturated rings. The third-order valence-electron chi connectivity index (χ3n) is 3.65. The molecule has 0 aromatic heterocycles. The smallest absolute Gasteiger partial charge is 0.303 e. The second kappa shape index (κ2) is 3.32. The fraction of sp³-hybridized carbons (Fsp3) is 0.909. The Morgan fingerprint density at radius 2 is 1.85 bits per heavy atom. The Balaban J connectivity index is 2.04. The molecule has 0 N–H and O–H groups in total. The maximum atomic E-state index is 11.0. The van der Waals surface area contributed by atoms with Gasteiger partial charge in [0.2, 0.25) is 0 Å². The van der Waals surface area contributed by atoms with E-state index in [0.717, 1.165) is 12.8 Å². The predicted molar refractivity (Wildman–Crippen MR) is 50.3 cm³/mol. The largest absolute Gasteiger partial charge is 0.459 e. The van der Waals surface area contributed by atoms with Crippen LogP contribution in [0.25, 0.3) is 0 Å². The van der Waals surface area contributed by atoms with Crippen LogP contribution in [0.5, 0.6) is 0 Å². The van der Waals surface area contributed by atoms with E-state index in [1.54, 1.807) is 6.92 Å². The zero-order valence-corrected chi connectivity index (χ0v) is 8.34. The number of hydrogen-bond donors (Lipinski definition) is 0. The van der Waals surface area contributed by atoms with Crippen LogP contribution in [-0.2, 0) is 9.53 Å². The van der Waals surface area contributed by atoms with Gasteiger partial charge < -0.3 is 4.74 Å². The normalized spacial score (nSPS) is 26.8. The van der Waals surface area contributed by atoms with Gasteiger partial charge in [-0.15, -0.1) is 0 Å². The third kappa shape index (κ3) is 1.59. The van der Waals surface area contributed by atoms with Crippen molar-refractivity contribution in [3.8, 4) is 0 Å². The van der Waals surface area contributed by atoms with Crippen LogP contribution in [0.3, 0.4) is 0 Å². The van der Waals surface area contributed by atoms with Crippen LogP contribution in [0.1, 0.15) is 51.9 Å². The van der Waals surface area contributed by atoms with Crippen LogP contribution in [-0.4, -0.2) is 11.6 Å². The lowest BCUT2D eigenvalue weighted by Crippen LogP contribution is -2.43. The summed E-state index contributed by atoms with van der Waals surface area (Å²) in [4.78, 5) is 11.0. The van der Waals surface area contributed by atoms with E-state index in [-0.39, 0.29) is 11.6 Å². The van der Waals surface area contributed by atoms with Crippen LogP contribution in [0.4, 0.5) is 0 Å². The van der Waals surface area contributed by atoms with Crippen molar-refractivity contribution < 1.29 is 9.53 Å². The fourth-order valence-corrected chi connectivity index (χ4v) is 2.79. The highest BCUT2D eigenvalue weighted by Gasteiger charge is 2.46. The molecular formula is C11H18O2. The SMILES string of the molecule is CC(=O)OC1(C2CCC2)CCCC1. The summed E-state index contributed by atoms with van der Waals surface area (Å²) < 4.78 is 5.56. The van der Waals surface area contributed by atoms with Crippen molar-refractivity contribution in [2.45, 2.75) is 57.5 Å². The lowest BCUT2D eigenvalue weighted by molar-refractivity contribution is -0.167. The molecule has 2 aliphatic rings. The Kier molecular flexibility index (Phi) is 2.31. The third-order valence-corrected chi connectivity index (χ3v) is 3.65. The van der Waals surface area contributed by atoms with Gasteiger partial charge in [0.05, 0.1) is 0 Å². The van der Waals surface area contributed by atoms with Crippen molar-refractivity contribution in [1.82, 2.24) is 0 Å². The van der Waals surface area contributed by atoms with Crippen molar-refractivity contribution in [3.05, 3.63) is 0 Å². The molecule has 2 saturated carbocycles. The molecular weight excluding hydrogens is 164 g/mol. The lowest BCUT2D eigenvalue weighted by atomic mass is 9.72. The summed E-state index contributed by atoms with van der Waals surface area (Å²) in [6.45, 7) is 1.54. The predicted octanol–water partition coefficient (Wildman–Crippen LogP) is 2.66. The van der Waals surface area contributed by atoms with Gasteiger partial charge in [-0.3, -0.25) is 4.79 Å². The number of rotatable bonds is 2. The zero-order valence-electron chi connectivity index (χ0n) is 8.34. The molecule has 0 bridgehead atoms. The summed E-state index contributed by atoms with van der Waals surface area (Å²) in [7, 11) is 0. The molecule has 0 aromatic carbocycles. The van der Waals surface area contributed by atoms with Crippen LogP contribution < -0.4 is 0 Å². The molecule has 0 heterocycles. The van der Waals surface area contributed by atoms with Gasteiger partial charge in [0.15, 0.2) is 0 Å². The molecule has 0 radical (unpaired) electrons. The van der Waals surface area contributed by atoms with Crippen molar-refractivity contribution in [2.24, 2.45) is 5.92 Å². The number of esters is 1. The first kappa shape index (κ1) is 9.04. The number of carbonyl (C=O) groups excluding carboxylic acids is 1. The molecule has 13 heavy (non-hydrogen) atoms. The summed E-state index contributed by atoms with van der Waals surface area (Å²) in [6.07, 6.45) is 8.57. The first-order valence-electron chi connectivity index (χ1n) is 5.42. The maximum absolute atomic E-state index is 11.0. The molecule has 0 unspecified atom stereocenters. The standard InChI is InChI=1S/C11H18O2/c1-9(12)13-11(7-2-3-8-11)10-5-4-6-10/h10H,2-8H2,1H3. The van der Waals surface area contributed by atoms with Crippen LogP contribution in [0, 0.1) is 5.92 Å². The van der Waals surface area contributed by atoms with Gasteiger partial charge in [0.1, 0.15) is 5.60 Å². The van der Waals surface area contributed by atoms with Crippen molar-refractivity contribution in [1.29, 1.82) is 0 Å². The molecule has 74 valence electrons. The van der Waals surface area contributed by atoms with E-state index < -0.39 is 0 Å². The maximum Gasteiger partial charge on any atom is 0.303 e. The van der Waals surface area contributed by atoms with Crippen molar-refractivity contribution >= 4 is 5.97 Å². The molecule has 2 heteroatoms. The second-order valence-electron chi connectivity index (χ2n) is 4.49. The van der Waals surface area contributed by atoms with Gasteiger partial charge in [-0.1, -0.05) is 6.42 Å². The van der Waals surface area contributed by atoms with Crippen LogP contribution >= 0.6 is 0 Å². The molecule has 2 rings (SSSR count).